The van der Waals surface area contributed by atoms with Crippen LogP contribution in [0.1, 0.15) is 17.0 Å². The summed E-state index contributed by atoms with van der Waals surface area (Å²) < 4.78 is 5.59. The summed E-state index contributed by atoms with van der Waals surface area (Å²) in [7, 11) is 0. The molecule has 100 valence electrons. The highest BCUT2D eigenvalue weighted by molar-refractivity contribution is 6.34. The number of nitrogens with zero attached hydrogens (tertiary/aromatic N) is 1. The van der Waals surface area contributed by atoms with Crippen LogP contribution in [0.3, 0.4) is 0 Å². The summed E-state index contributed by atoms with van der Waals surface area (Å²) in [6, 6.07) is 7.23. The molecule has 0 saturated carbocycles. The number of para-hydroxylation sites is 1. The van der Waals surface area contributed by atoms with Gasteiger partial charge in [0, 0.05) is 18.5 Å². The van der Waals surface area contributed by atoms with E-state index in [9.17, 15) is 4.79 Å². The lowest BCUT2D eigenvalue weighted by Crippen LogP contribution is -2.29. The lowest BCUT2D eigenvalue weighted by Gasteiger charge is -2.14. The van der Waals surface area contributed by atoms with E-state index in [1.165, 1.54) is 0 Å². The highest BCUT2D eigenvalue weighted by Gasteiger charge is 2.28. The van der Waals surface area contributed by atoms with E-state index in [0.717, 1.165) is 18.4 Å². The van der Waals surface area contributed by atoms with E-state index >= 15 is 0 Å². The first-order valence-corrected chi connectivity index (χ1v) is 6.74. The van der Waals surface area contributed by atoms with Crippen molar-refractivity contribution < 1.29 is 9.21 Å². The van der Waals surface area contributed by atoms with E-state index in [1.807, 2.05) is 12.1 Å². The molecule has 1 aromatic heterocycles. The molecule has 4 nitrogen and oxygen atoms in total. The average Bonchev–Trinajstić information content (AvgIpc) is 3.05. The number of rotatable bonds is 2. The largest absolute Gasteiger partial charge is 0.449 e. The summed E-state index contributed by atoms with van der Waals surface area (Å²) in [6.45, 7) is 2.07. The molecular weight excluding hydrogens is 264 g/mol. The first-order valence-electron chi connectivity index (χ1n) is 6.36. The highest BCUT2D eigenvalue weighted by atomic mass is 35.5. The zero-order valence-corrected chi connectivity index (χ0v) is 11.2. The van der Waals surface area contributed by atoms with Gasteiger partial charge in [0.1, 0.15) is 0 Å². The maximum Gasteiger partial charge on any atom is 0.289 e. The number of hydrogen-bond donors (Lipinski definition) is 1. The fourth-order valence-electron chi connectivity index (χ4n) is 2.50. The Morgan fingerprint density at radius 1 is 1.53 bits per heavy atom. The molecule has 19 heavy (non-hydrogen) atoms. The molecule has 0 aliphatic carbocycles. The van der Waals surface area contributed by atoms with Gasteiger partial charge in [-0.25, -0.2) is 0 Å². The molecule has 1 aliphatic rings. The summed E-state index contributed by atoms with van der Waals surface area (Å²) in [4.78, 5) is 14.1. The first-order chi connectivity index (χ1) is 9.19. The predicted molar refractivity (Wildman–Crippen MR) is 74.3 cm³/mol. The Balaban J connectivity index is 1.88. The normalized spacial score (nSPS) is 19.3. The maximum absolute atomic E-state index is 12.3. The van der Waals surface area contributed by atoms with Gasteiger partial charge in [0.25, 0.3) is 5.91 Å². The second kappa shape index (κ2) is 4.87. The molecule has 1 amide bonds. The van der Waals surface area contributed by atoms with Gasteiger partial charge < -0.3 is 15.1 Å². The van der Waals surface area contributed by atoms with Crippen LogP contribution in [0.15, 0.2) is 28.7 Å². The summed E-state index contributed by atoms with van der Waals surface area (Å²) in [5, 5.41) is 1.38. The minimum absolute atomic E-state index is 0.0804. The lowest BCUT2D eigenvalue weighted by molar-refractivity contribution is 0.0758. The summed E-state index contributed by atoms with van der Waals surface area (Å²) in [5.74, 6) is 0.668. The Kier molecular flexibility index (Phi) is 3.21. The van der Waals surface area contributed by atoms with Gasteiger partial charge >= 0.3 is 0 Å². The Morgan fingerprint density at radius 3 is 3.05 bits per heavy atom. The van der Waals surface area contributed by atoms with E-state index in [2.05, 4.69) is 0 Å². The van der Waals surface area contributed by atoms with Crippen LogP contribution in [-0.2, 0) is 0 Å². The van der Waals surface area contributed by atoms with Crippen molar-refractivity contribution in [3.05, 3.63) is 35.0 Å². The third-order valence-electron chi connectivity index (χ3n) is 3.61. The van der Waals surface area contributed by atoms with Crippen LogP contribution in [0.4, 0.5) is 0 Å². The SMILES string of the molecule is NCC1CCN(C(=O)c2cc3cccc(Cl)c3o2)C1. The standard InChI is InChI=1S/C14H15ClN2O2/c15-11-3-1-2-10-6-12(19-13(10)11)14(18)17-5-4-9(7-16)8-17/h1-3,6,9H,4-5,7-8,16H2. The number of hydrogen-bond acceptors (Lipinski definition) is 3. The molecule has 3 rings (SSSR count). The number of furan rings is 1. The van der Waals surface area contributed by atoms with Crippen molar-refractivity contribution in [1.82, 2.24) is 4.90 Å². The van der Waals surface area contributed by atoms with Gasteiger partial charge in [0.2, 0.25) is 0 Å². The van der Waals surface area contributed by atoms with E-state index in [0.29, 0.717) is 35.4 Å². The Bertz CT molecular complexity index is 623. The summed E-state index contributed by atoms with van der Waals surface area (Å²) in [6.07, 6.45) is 0.962. The van der Waals surface area contributed by atoms with Crippen LogP contribution < -0.4 is 5.73 Å². The molecule has 2 heterocycles. The van der Waals surface area contributed by atoms with Gasteiger partial charge in [-0.05, 0) is 31.0 Å². The molecule has 0 spiro atoms. The van der Waals surface area contributed by atoms with Crippen LogP contribution >= 0.6 is 11.6 Å². The van der Waals surface area contributed by atoms with Crippen molar-refractivity contribution >= 4 is 28.5 Å². The zero-order chi connectivity index (χ0) is 13.4. The van der Waals surface area contributed by atoms with Gasteiger partial charge in [-0.15, -0.1) is 0 Å². The van der Waals surface area contributed by atoms with E-state index in [4.69, 9.17) is 21.8 Å². The van der Waals surface area contributed by atoms with Crippen LogP contribution in [-0.4, -0.2) is 30.4 Å². The number of halogens is 1. The van der Waals surface area contributed by atoms with Crippen molar-refractivity contribution in [1.29, 1.82) is 0 Å². The fraction of sp³-hybridized carbons (Fsp3) is 0.357. The monoisotopic (exact) mass is 278 g/mol. The average molecular weight is 279 g/mol. The maximum atomic E-state index is 12.3. The second-order valence-electron chi connectivity index (χ2n) is 4.91. The van der Waals surface area contributed by atoms with Crippen LogP contribution in [0.5, 0.6) is 0 Å². The molecule has 0 bridgehead atoms. The predicted octanol–water partition coefficient (Wildman–Crippen LogP) is 2.51. The summed E-state index contributed by atoms with van der Waals surface area (Å²) >= 11 is 6.05. The van der Waals surface area contributed by atoms with Crippen molar-refractivity contribution in [2.45, 2.75) is 6.42 Å². The molecule has 1 aliphatic heterocycles. The number of benzene rings is 1. The van der Waals surface area contributed by atoms with Crippen molar-refractivity contribution in [2.24, 2.45) is 11.7 Å². The Morgan fingerprint density at radius 2 is 2.37 bits per heavy atom. The molecule has 2 N–H and O–H groups in total. The van der Waals surface area contributed by atoms with Crippen molar-refractivity contribution in [3.8, 4) is 0 Å². The quantitative estimate of drug-likeness (QED) is 0.918. The molecular formula is C14H15ClN2O2. The van der Waals surface area contributed by atoms with E-state index in [-0.39, 0.29) is 5.91 Å². The third kappa shape index (κ3) is 2.22. The van der Waals surface area contributed by atoms with Crippen LogP contribution in [0.2, 0.25) is 5.02 Å². The minimum atomic E-state index is -0.0804. The third-order valence-corrected chi connectivity index (χ3v) is 3.91. The minimum Gasteiger partial charge on any atom is -0.449 e. The molecule has 1 fully saturated rings. The van der Waals surface area contributed by atoms with Crippen molar-refractivity contribution in [2.75, 3.05) is 19.6 Å². The lowest BCUT2D eigenvalue weighted by atomic mass is 10.1. The molecule has 0 radical (unpaired) electrons. The first kappa shape index (κ1) is 12.5. The fourth-order valence-corrected chi connectivity index (χ4v) is 2.72. The van der Waals surface area contributed by atoms with Crippen LogP contribution in [0, 0.1) is 5.92 Å². The Labute approximate surface area is 116 Å². The van der Waals surface area contributed by atoms with Gasteiger partial charge in [0.15, 0.2) is 11.3 Å². The number of nitrogens with two attached hydrogens (primary N) is 1. The van der Waals surface area contributed by atoms with E-state index in [1.54, 1.807) is 17.0 Å². The summed E-state index contributed by atoms with van der Waals surface area (Å²) in [5.41, 5.74) is 6.21. The number of carbonyl (C=O) groups excluding carboxylic acids is 1. The van der Waals surface area contributed by atoms with Gasteiger partial charge in [0.05, 0.1) is 5.02 Å². The van der Waals surface area contributed by atoms with Gasteiger partial charge in [-0.1, -0.05) is 23.7 Å². The topological polar surface area (TPSA) is 59.5 Å². The molecule has 1 saturated heterocycles. The number of amides is 1. The highest BCUT2D eigenvalue weighted by Crippen LogP contribution is 2.28. The molecule has 2 aromatic rings. The van der Waals surface area contributed by atoms with E-state index < -0.39 is 0 Å². The number of carbonyl (C=O) groups is 1. The molecule has 1 atom stereocenters. The molecule has 1 aromatic carbocycles. The van der Waals surface area contributed by atoms with Gasteiger partial charge in [-0.2, -0.15) is 0 Å². The smallest absolute Gasteiger partial charge is 0.289 e. The van der Waals surface area contributed by atoms with Crippen LogP contribution in [0.25, 0.3) is 11.0 Å². The van der Waals surface area contributed by atoms with Gasteiger partial charge in [-0.3, -0.25) is 4.79 Å². The molecule has 5 heteroatoms. The zero-order valence-electron chi connectivity index (χ0n) is 10.4. The number of likely N-dealkylation sites (tertiary alicyclic amines) is 1. The number of fused-ring (bicyclic) bond motifs is 1. The Hall–Kier alpha value is -1.52. The molecule has 1 unspecified atom stereocenters. The van der Waals surface area contributed by atoms with Crippen molar-refractivity contribution in [3.63, 3.8) is 0 Å². The second-order valence-corrected chi connectivity index (χ2v) is 5.32.